The highest BCUT2D eigenvalue weighted by Crippen LogP contribution is 2.28. The number of hydrogen-bond acceptors (Lipinski definition) is 4. The molecule has 0 radical (unpaired) electrons. The lowest BCUT2D eigenvalue weighted by molar-refractivity contribution is 0.146. The Hall–Kier alpha value is -2.83. The van der Waals surface area contributed by atoms with Gasteiger partial charge < -0.3 is 10.1 Å². The van der Waals surface area contributed by atoms with Gasteiger partial charge in [0.1, 0.15) is 23.7 Å². The van der Waals surface area contributed by atoms with E-state index in [4.69, 9.17) is 4.74 Å². The maximum Gasteiger partial charge on any atom is 0.266 e. The number of benzene rings is 2. The van der Waals surface area contributed by atoms with Crippen LogP contribution in [-0.2, 0) is 6.54 Å². The van der Waals surface area contributed by atoms with Crippen LogP contribution in [0.2, 0.25) is 0 Å². The topological polar surface area (TPSA) is 47.0 Å². The van der Waals surface area contributed by atoms with Gasteiger partial charge in [-0.15, -0.1) is 0 Å². The van der Waals surface area contributed by atoms with Crippen molar-refractivity contribution in [1.29, 1.82) is 0 Å². The molecule has 0 spiro atoms. The summed E-state index contributed by atoms with van der Waals surface area (Å²) in [4.78, 5) is 8.37. The molecule has 0 atom stereocenters. The van der Waals surface area contributed by atoms with E-state index in [9.17, 15) is 13.2 Å². The summed E-state index contributed by atoms with van der Waals surface area (Å²) in [6, 6.07) is 7.61. The lowest BCUT2D eigenvalue weighted by Gasteiger charge is -2.12. The van der Waals surface area contributed by atoms with Gasteiger partial charge in [-0.25, -0.2) is 23.1 Å². The van der Waals surface area contributed by atoms with E-state index in [1.165, 1.54) is 18.5 Å². The van der Waals surface area contributed by atoms with Crippen molar-refractivity contribution >= 4 is 16.7 Å². The molecule has 1 aromatic heterocycles. The first kappa shape index (κ1) is 20.5. The van der Waals surface area contributed by atoms with Gasteiger partial charge in [-0.2, -0.15) is 0 Å². The molecular formula is C20H22F3N3O. The van der Waals surface area contributed by atoms with Crippen molar-refractivity contribution in [1.82, 2.24) is 9.97 Å². The van der Waals surface area contributed by atoms with Crippen molar-refractivity contribution < 1.29 is 17.9 Å². The van der Waals surface area contributed by atoms with Crippen molar-refractivity contribution in [3.8, 4) is 5.75 Å². The van der Waals surface area contributed by atoms with Gasteiger partial charge in [-0.3, -0.25) is 0 Å². The highest BCUT2D eigenvalue weighted by molar-refractivity contribution is 5.90. The first-order valence-electron chi connectivity index (χ1n) is 8.60. The minimum absolute atomic E-state index is 0.0313. The third-order valence-corrected chi connectivity index (χ3v) is 3.94. The molecule has 3 aromatic rings. The van der Waals surface area contributed by atoms with Crippen LogP contribution in [0.5, 0.6) is 5.75 Å². The third kappa shape index (κ3) is 4.48. The van der Waals surface area contributed by atoms with Crippen LogP contribution in [0.15, 0.2) is 36.7 Å². The Balaban J connectivity index is 0.00000126. The van der Waals surface area contributed by atoms with Gasteiger partial charge in [0.05, 0.1) is 18.2 Å². The summed E-state index contributed by atoms with van der Waals surface area (Å²) < 4.78 is 45.0. The Morgan fingerprint density at radius 1 is 1.15 bits per heavy atom. The molecule has 0 bridgehead atoms. The molecule has 1 heterocycles. The summed E-state index contributed by atoms with van der Waals surface area (Å²) in [5.74, 6) is 0.298. The molecule has 1 N–H and O–H groups in total. The van der Waals surface area contributed by atoms with Gasteiger partial charge >= 0.3 is 0 Å². The molecule has 0 aliphatic heterocycles. The van der Waals surface area contributed by atoms with Gasteiger partial charge in [0, 0.05) is 23.6 Å². The zero-order chi connectivity index (χ0) is 20.0. The van der Waals surface area contributed by atoms with E-state index >= 15 is 0 Å². The average molecular weight is 377 g/mol. The number of aromatic nitrogens is 2. The van der Waals surface area contributed by atoms with Crippen LogP contribution in [0.1, 0.15) is 37.0 Å². The number of methoxy groups -OCH3 is 1. The molecule has 0 unspecified atom stereocenters. The van der Waals surface area contributed by atoms with Crippen LogP contribution in [0.3, 0.4) is 0 Å². The van der Waals surface area contributed by atoms with Crippen LogP contribution in [-0.4, -0.2) is 17.1 Å². The first-order chi connectivity index (χ1) is 13.0. The minimum atomic E-state index is -2.85. The lowest BCUT2D eigenvalue weighted by Crippen LogP contribution is -2.06. The molecule has 4 nitrogen and oxygen atoms in total. The first-order valence-corrected chi connectivity index (χ1v) is 8.60. The Labute approximate surface area is 156 Å². The number of hydrogen-bond donors (Lipinski definition) is 1. The highest BCUT2D eigenvalue weighted by Gasteiger charge is 2.16. The van der Waals surface area contributed by atoms with E-state index in [1.807, 2.05) is 26.8 Å². The smallest absolute Gasteiger partial charge is 0.266 e. The van der Waals surface area contributed by atoms with Gasteiger partial charge in [0.25, 0.3) is 6.43 Å². The van der Waals surface area contributed by atoms with Crippen molar-refractivity contribution in [3.05, 3.63) is 59.2 Å². The summed E-state index contributed by atoms with van der Waals surface area (Å²) >= 11 is 0. The van der Waals surface area contributed by atoms with Gasteiger partial charge in [0.2, 0.25) is 0 Å². The maximum atomic E-state index is 14.1. The molecule has 0 aliphatic rings. The number of rotatable bonds is 5. The Morgan fingerprint density at radius 2 is 1.89 bits per heavy atom. The summed E-state index contributed by atoms with van der Waals surface area (Å²) in [5.41, 5.74) is 1.11. The molecule has 27 heavy (non-hydrogen) atoms. The summed E-state index contributed by atoms with van der Waals surface area (Å²) in [5, 5.41) is 3.74. The monoisotopic (exact) mass is 377 g/mol. The van der Waals surface area contributed by atoms with Crippen molar-refractivity contribution in [2.45, 2.75) is 33.7 Å². The van der Waals surface area contributed by atoms with Crippen LogP contribution in [0, 0.1) is 12.7 Å². The quantitative estimate of drug-likeness (QED) is 0.623. The van der Waals surface area contributed by atoms with Gasteiger partial charge in [-0.05, 0) is 18.6 Å². The molecule has 7 heteroatoms. The largest absolute Gasteiger partial charge is 0.496 e. The maximum absolute atomic E-state index is 14.1. The van der Waals surface area contributed by atoms with E-state index in [2.05, 4.69) is 15.3 Å². The predicted molar refractivity (Wildman–Crippen MR) is 101 cm³/mol. The molecule has 0 saturated carbocycles. The minimum Gasteiger partial charge on any atom is -0.496 e. The SMILES string of the molecule is CC.COc1cc2ncnc(NCc3cccc(C(F)F)c3F)c2cc1C. The van der Waals surface area contributed by atoms with Crippen LogP contribution in [0.25, 0.3) is 10.9 Å². The summed E-state index contributed by atoms with van der Waals surface area (Å²) in [6.07, 6.45) is -1.47. The van der Waals surface area contributed by atoms with E-state index in [0.717, 1.165) is 17.0 Å². The third-order valence-electron chi connectivity index (χ3n) is 3.94. The van der Waals surface area contributed by atoms with Crippen LogP contribution >= 0.6 is 0 Å². The Morgan fingerprint density at radius 3 is 2.56 bits per heavy atom. The molecule has 3 rings (SSSR count). The van der Waals surface area contributed by atoms with Crippen LogP contribution < -0.4 is 10.1 Å². The van der Waals surface area contributed by atoms with Gasteiger partial charge in [0.15, 0.2) is 0 Å². The fourth-order valence-electron chi connectivity index (χ4n) is 2.64. The molecule has 0 saturated heterocycles. The van der Waals surface area contributed by atoms with E-state index < -0.39 is 17.8 Å². The zero-order valence-electron chi connectivity index (χ0n) is 15.7. The number of nitrogens with zero attached hydrogens (tertiary/aromatic N) is 2. The number of fused-ring (bicyclic) bond motifs is 1. The number of halogens is 3. The molecule has 0 fully saturated rings. The second kappa shape index (κ2) is 9.21. The number of alkyl halides is 2. The molecule has 0 aliphatic carbocycles. The van der Waals surface area contributed by atoms with Crippen LogP contribution in [0.4, 0.5) is 19.0 Å². The molecular weight excluding hydrogens is 355 g/mol. The van der Waals surface area contributed by atoms with Crippen molar-refractivity contribution in [3.63, 3.8) is 0 Å². The summed E-state index contributed by atoms with van der Waals surface area (Å²) in [6.45, 7) is 5.92. The normalized spacial score (nSPS) is 10.5. The zero-order valence-corrected chi connectivity index (χ0v) is 15.7. The number of ether oxygens (including phenoxy) is 1. The number of anilines is 1. The second-order valence-electron chi connectivity index (χ2n) is 5.54. The fourth-order valence-corrected chi connectivity index (χ4v) is 2.64. The Bertz CT molecular complexity index is 916. The van der Waals surface area contributed by atoms with E-state index in [0.29, 0.717) is 17.1 Å². The summed E-state index contributed by atoms with van der Waals surface area (Å²) in [7, 11) is 1.58. The molecule has 2 aromatic carbocycles. The average Bonchev–Trinajstić information content (AvgIpc) is 2.68. The van der Waals surface area contributed by atoms with Gasteiger partial charge in [-0.1, -0.05) is 32.0 Å². The molecule has 0 amide bonds. The van der Waals surface area contributed by atoms with Crippen molar-refractivity contribution in [2.75, 3.05) is 12.4 Å². The standard InChI is InChI=1S/C18H16F3N3O.C2H6/c1-10-6-13-14(7-15(10)25-2)23-9-24-18(13)22-8-11-4-3-5-12(16(11)19)17(20)21;1-2/h3-7,9,17H,8H2,1-2H3,(H,22,23,24);1-2H3. The van der Waals surface area contributed by atoms with E-state index in [1.54, 1.807) is 13.2 Å². The predicted octanol–water partition coefficient (Wildman–Crippen LogP) is 5.66. The number of nitrogens with one attached hydrogen (secondary N) is 1. The fraction of sp³-hybridized carbons (Fsp3) is 0.300. The highest BCUT2D eigenvalue weighted by atomic mass is 19.3. The second-order valence-corrected chi connectivity index (χ2v) is 5.54. The lowest BCUT2D eigenvalue weighted by atomic mass is 10.1. The molecule has 144 valence electrons. The number of aryl methyl sites for hydroxylation is 1. The van der Waals surface area contributed by atoms with E-state index in [-0.39, 0.29) is 12.1 Å². The Kier molecular flexibility index (Phi) is 6.98. The van der Waals surface area contributed by atoms with Crippen molar-refractivity contribution in [2.24, 2.45) is 0 Å².